The highest BCUT2D eigenvalue weighted by Crippen LogP contribution is 2.25. The molecule has 20 heavy (non-hydrogen) atoms. The molecule has 0 heterocycles. The Morgan fingerprint density at radius 1 is 1.15 bits per heavy atom. The predicted molar refractivity (Wildman–Crippen MR) is 92.1 cm³/mol. The molecule has 0 bridgehead atoms. The summed E-state index contributed by atoms with van der Waals surface area (Å²) >= 11 is 3.58. The van der Waals surface area contributed by atoms with Crippen molar-refractivity contribution in [3.05, 3.63) is 33.8 Å². The molecular formula is C17H29BrN2. The Bertz CT molecular complexity index is 385. The summed E-state index contributed by atoms with van der Waals surface area (Å²) in [5.41, 5.74) is 8.72. The van der Waals surface area contributed by atoms with Gasteiger partial charge in [0.05, 0.1) is 0 Å². The van der Waals surface area contributed by atoms with Crippen LogP contribution >= 0.6 is 15.9 Å². The van der Waals surface area contributed by atoms with E-state index < -0.39 is 0 Å². The first-order valence-electron chi connectivity index (χ1n) is 7.84. The Kier molecular flexibility index (Phi) is 8.43. The van der Waals surface area contributed by atoms with Gasteiger partial charge in [-0.2, -0.15) is 0 Å². The second kappa shape index (κ2) is 9.54. The maximum atomic E-state index is 6.08. The zero-order chi connectivity index (χ0) is 15.0. The van der Waals surface area contributed by atoms with Crippen molar-refractivity contribution in [2.45, 2.75) is 52.5 Å². The van der Waals surface area contributed by atoms with Gasteiger partial charge >= 0.3 is 0 Å². The molecule has 114 valence electrons. The smallest absolute Gasteiger partial charge is 0.0470 e. The van der Waals surface area contributed by atoms with Crippen LogP contribution in [0.4, 0.5) is 0 Å². The molecule has 0 radical (unpaired) electrons. The van der Waals surface area contributed by atoms with Gasteiger partial charge in [0, 0.05) is 17.1 Å². The molecule has 0 fully saturated rings. The van der Waals surface area contributed by atoms with Crippen molar-refractivity contribution in [1.29, 1.82) is 0 Å². The largest absolute Gasteiger partial charge is 0.329 e. The quantitative estimate of drug-likeness (QED) is 0.708. The maximum Gasteiger partial charge on any atom is 0.0470 e. The average molecular weight is 341 g/mol. The molecule has 1 rings (SSSR count). The van der Waals surface area contributed by atoms with Crippen molar-refractivity contribution in [2.24, 2.45) is 5.73 Å². The van der Waals surface area contributed by atoms with Crippen LogP contribution in [0.5, 0.6) is 0 Å². The molecule has 0 aromatic heterocycles. The van der Waals surface area contributed by atoms with Gasteiger partial charge in [-0.25, -0.2) is 0 Å². The van der Waals surface area contributed by atoms with E-state index in [9.17, 15) is 0 Å². The summed E-state index contributed by atoms with van der Waals surface area (Å²) in [6.45, 7) is 9.62. The van der Waals surface area contributed by atoms with Crippen LogP contribution in [-0.4, -0.2) is 24.5 Å². The van der Waals surface area contributed by atoms with Gasteiger partial charge in [0.2, 0.25) is 0 Å². The standard InChI is InChI=1S/C17H29BrN2/c1-4-6-10-20(11-7-5-2)17(13-19)15-8-9-16(18)14(3)12-15/h8-9,12,17H,4-7,10-11,13,19H2,1-3H3. The van der Waals surface area contributed by atoms with Crippen molar-refractivity contribution < 1.29 is 0 Å². The lowest BCUT2D eigenvalue weighted by atomic mass is 10.0. The Morgan fingerprint density at radius 2 is 1.75 bits per heavy atom. The molecule has 1 aromatic rings. The van der Waals surface area contributed by atoms with E-state index in [4.69, 9.17) is 5.73 Å². The topological polar surface area (TPSA) is 29.3 Å². The van der Waals surface area contributed by atoms with Crippen LogP contribution in [0.25, 0.3) is 0 Å². The van der Waals surface area contributed by atoms with Crippen molar-refractivity contribution in [3.63, 3.8) is 0 Å². The number of nitrogens with zero attached hydrogens (tertiary/aromatic N) is 1. The summed E-state index contributed by atoms with van der Waals surface area (Å²) in [5.74, 6) is 0. The summed E-state index contributed by atoms with van der Waals surface area (Å²) in [7, 11) is 0. The summed E-state index contributed by atoms with van der Waals surface area (Å²) in [4.78, 5) is 2.57. The second-order valence-corrected chi connectivity index (χ2v) is 6.36. The van der Waals surface area contributed by atoms with Gasteiger partial charge in [-0.1, -0.05) is 54.8 Å². The van der Waals surface area contributed by atoms with E-state index in [-0.39, 0.29) is 0 Å². The Morgan fingerprint density at radius 3 is 2.20 bits per heavy atom. The normalized spacial score (nSPS) is 12.9. The van der Waals surface area contributed by atoms with Crippen LogP contribution in [0.3, 0.4) is 0 Å². The fourth-order valence-corrected chi connectivity index (χ4v) is 2.76. The Labute approximate surface area is 132 Å². The van der Waals surface area contributed by atoms with Crippen molar-refractivity contribution in [3.8, 4) is 0 Å². The van der Waals surface area contributed by atoms with Gasteiger partial charge < -0.3 is 5.73 Å². The minimum atomic E-state index is 0.347. The van der Waals surface area contributed by atoms with Crippen LogP contribution in [0, 0.1) is 6.92 Å². The zero-order valence-electron chi connectivity index (χ0n) is 13.2. The van der Waals surface area contributed by atoms with Crippen LogP contribution < -0.4 is 5.73 Å². The van der Waals surface area contributed by atoms with Gasteiger partial charge in [-0.15, -0.1) is 0 Å². The molecule has 1 atom stereocenters. The second-order valence-electron chi connectivity index (χ2n) is 5.50. The van der Waals surface area contributed by atoms with E-state index in [0.29, 0.717) is 12.6 Å². The van der Waals surface area contributed by atoms with E-state index in [1.807, 2.05) is 0 Å². The summed E-state index contributed by atoms with van der Waals surface area (Å²) in [6, 6.07) is 6.97. The van der Waals surface area contributed by atoms with Crippen LogP contribution in [0.15, 0.2) is 22.7 Å². The number of halogens is 1. The van der Waals surface area contributed by atoms with E-state index in [1.54, 1.807) is 0 Å². The molecule has 0 saturated heterocycles. The monoisotopic (exact) mass is 340 g/mol. The first-order valence-corrected chi connectivity index (χ1v) is 8.63. The molecule has 0 spiro atoms. The molecule has 1 aromatic carbocycles. The molecule has 1 unspecified atom stereocenters. The van der Waals surface area contributed by atoms with Crippen molar-refractivity contribution in [1.82, 2.24) is 4.90 Å². The van der Waals surface area contributed by atoms with Crippen molar-refractivity contribution >= 4 is 15.9 Å². The number of hydrogen-bond donors (Lipinski definition) is 1. The maximum absolute atomic E-state index is 6.08. The van der Waals surface area contributed by atoms with E-state index in [0.717, 1.165) is 13.1 Å². The average Bonchev–Trinajstić information content (AvgIpc) is 2.45. The van der Waals surface area contributed by atoms with Gasteiger partial charge in [-0.3, -0.25) is 4.90 Å². The van der Waals surface area contributed by atoms with Crippen LogP contribution in [-0.2, 0) is 0 Å². The third-order valence-electron chi connectivity index (χ3n) is 3.83. The highest BCUT2D eigenvalue weighted by molar-refractivity contribution is 9.10. The molecule has 0 amide bonds. The first-order chi connectivity index (χ1) is 9.63. The summed E-state index contributed by atoms with van der Waals surface area (Å²) in [6.07, 6.45) is 4.96. The number of benzene rings is 1. The fourth-order valence-electron chi connectivity index (χ4n) is 2.52. The molecular weight excluding hydrogens is 312 g/mol. The summed E-state index contributed by atoms with van der Waals surface area (Å²) < 4.78 is 1.17. The fraction of sp³-hybridized carbons (Fsp3) is 0.647. The Balaban J connectivity index is 2.88. The summed E-state index contributed by atoms with van der Waals surface area (Å²) in [5, 5.41) is 0. The number of nitrogens with two attached hydrogens (primary N) is 1. The highest BCUT2D eigenvalue weighted by Gasteiger charge is 2.18. The highest BCUT2D eigenvalue weighted by atomic mass is 79.9. The number of unbranched alkanes of at least 4 members (excludes halogenated alkanes) is 2. The molecule has 2 nitrogen and oxygen atoms in total. The molecule has 0 saturated carbocycles. The lowest BCUT2D eigenvalue weighted by molar-refractivity contribution is 0.195. The SMILES string of the molecule is CCCCN(CCCC)C(CN)c1ccc(Br)c(C)c1. The minimum absolute atomic E-state index is 0.347. The number of rotatable bonds is 9. The first kappa shape index (κ1) is 17.7. The van der Waals surface area contributed by atoms with Gasteiger partial charge in [0.25, 0.3) is 0 Å². The van der Waals surface area contributed by atoms with Gasteiger partial charge in [0.1, 0.15) is 0 Å². The molecule has 0 aliphatic carbocycles. The van der Waals surface area contributed by atoms with Crippen LogP contribution in [0.1, 0.15) is 56.7 Å². The third-order valence-corrected chi connectivity index (χ3v) is 4.72. The van der Waals surface area contributed by atoms with E-state index in [2.05, 4.69) is 59.8 Å². The number of hydrogen-bond acceptors (Lipinski definition) is 2. The molecule has 0 aliphatic rings. The third kappa shape index (κ3) is 5.19. The number of aryl methyl sites for hydroxylation is 1. The minimum Gasteiger partial charge on any atom is -0.329 e. The molecule has 3 heteroatoms. The lowest BCUT2D eigenvalue weighted by Crippen LogP contribution is -2.35. The van der Waals surface area contributed by atoms with Gasteiger partial charge in [0.15, 0.2) is 0 Å². The molecule has 2 N–H and O–H groups in total. The lowest BCUT2D eigenvalue weighted by Gasteiger charge is -2.31. The van der Waals surface area contributed by atoms with Crippen molar-refractivity contribution in [2.75, 3.05) is 19.6 Å². The van der Waals surface area contributed by atoms with E-state index in [1.165, 1.54) is 41.3 Å². The van der Waals surface area contributed by atoms with E-state index >= 15 is 0 Å². The molecule has 0 aliphatic heterocycles. The Hall–Kier alpha value is -0.380. The predicted octanol–water partition coefficient (Wildman–Crippen LogP) is 4.66. The van der Waals surface area contributed by atoms with Crippen LogP contribution in [0.2, 0.25) is 0 Å². The zero-order valence-corrected chi connectivity index (χ0v) is 14.7. The van der Waals surface area contributed by atoms with Gasteiger partial charge in [-0.05, 0) is 50.0 Å².